The van der Waals surface area contributed by atoms with Gasteiger partial charge in [-0.1, -0.05) is 6.07 Å². The van der Waals surface area contributed by atoms with Gasteiger partial charge in [0.25, 0.3) is 0 Å². The summed E-state index contributed by atoms with van der Waals surface area (Å²) in [6, 6.07) is 4.33. The lowest BCUT2D eigenvalue weighted by atomic mass is 10.3. The number of rotatable bonds is 2. The molecule has 2 N–H and O–H groups in total. The quantitative estimate of drug-likeness (QED) is 0.759. The highest BCUT2D eigenvalue weighted by atomic mass is 35.5. The molecule has 11 heavy (non-hydrogen) atoms. The molecule has 0 aliphatic heterocycles. The summed E-state index contributed by atoms with van der Waals surface area (Å²) in [5.41, 5.74) is 5.53. The summed E-state index contributed by atoms with van der Waals surface area (Å²) in [4.78, 5) is 1.52. The van der Waals surface area contributed by atoms with E-state index in [9.17, 15) is 0 Å². The Labute approximate surface area is 77.0 Å². The molecule has 0 unspecified atom stereocenters. The smallest absolute Gasteiger partial charge is 0.00795 e. The molecule has 1 nitrogen and oxygen atoms in total. The first-order valence-corrected chi connectivity index (χ1v) is 4.53. The monoisotopic (exact) mass is 189 g/mol. The van der Waals surface area contributed by atoms with Crippen molar-refractivity contribution in [2.45, 2.75) is 12.3 Å². The van der Waals surface area contributed by atoms with Crippen LogP contribution in [0.25, 0.3) is 0 Å². The van der Waals surface area contributed by atoms with E-state index in [0.29, 0.717) is 0 Å². The van der Waals surface area contributed by atoms with Crippen LogP contribution in [-0.4, -0.2) is 6.54 Å². The van der Waals surface area contributed by atoms with Crippen molar-refractivity contribution in [3.05, 3.63) is 22.4 Å². The van der Waals surface area contributed by atoms with Crippen molar-refractivity contribution in [3.63, 3.8) is 0 Å². The molecule has 2 rings (SSSR count). The molecule has 0 bridgehead atoms. The highest BCUT2D eigenvalue weighted by Crippen LogP contribution is 2.48. The van der Waals surface area contributed by atoms with Crippen LogP contribution in [0.15, 0.2) is 17.5 Å². The Balaban J connectivity index is 0.000000605. The van der Waals surface area contributed by atoms with Crippen molar-refractivity contribution in [2.75, 3.05) is 6.54 Å². The lowest BCUT2D eigenvalue weighted by molar-refractivity contribution is 0.815. The van der Waals surface area contributed by atoms with E-state index in [-0.39, 0.29) is 12.4 Å². The topological polar surface area (TPSA) is 26.0 Å². The van der Waals surface area contributed by atoms with Crippen molar-refractivity contribution in [1.29, 1.82) is 0 Å². The maximum atomic E-state index is 5.53. The Kier molecular flexibility index (Phi) is 2.93. The van der Waals surface area contributed by atoms with E-state index >= 15 is 0 Å². The fourth-order valence-electron chi connectivity index (χ4n) is 1.36. The fraction of sp³-hybridized carbons (Fsp3) is 0.500. The summed E-state index contributed by atoms with van der Waals surface area (Å²) in [6.07, 6.45) is 1.32. The SMILES string of the molecule is Cl.NC[C@@H]1C[C@H]1c1cccs1. The van der Waals surface area contributed by atoms with E-state index < -0.39 is 0 Å². The number of thiophene rings is 1. The van der Waals surface area contributed by atoms with Crippen molar-refractivity contribution in [2.24, 2.45) is 11.7 Å². The van der Waals surface area contributed by atoms with E-state index in [1.807, 2.05) is 11.3 Å². The van der Waals surface area contributed by atoms with Gasteiger partial charge in [0.1, 0.15) is 0 Å². The van der Waals surface area contributed by atoms with Gasteiger partial charge >= 0.3 is 0 Å². The first-order chi connectivity index (χ1) is 4.92. The summed E-state index contributed by atoms with van der Waals surface area (Å²) in [5, 5.41) is 2.14. The Bertz CT molecular complexity index is 210. The normalized spacial score (nSPS) is 27.7. The standard InChI is InChI=1S/C8H11NS.ClH/c9-5-6-4-7(6)8-2-1-3-10-8;/h1-3,6-7H,4-5,9H2;1H/t6-,7+;/m0./s1. The van der Waals surface area contributed by atoms with Gasteiger partial charge in [0, 0.05) is 4.88 Å². The summed E-state index contributed by atoms with van der Waals surface area (Å²) in [6.45, 7) is 0.864. The van der Waals surface area contributed by atoms with Crippen molar-refractivity contribution >= 4 is 23.7 Å². The molecule has 0 saturated heterocycles. The Morgan fingerprint density at radius 3 is 2.91 bits per heavy atom. The Hall–Kier alpha value is -0.0500. The molecule has 1 heterocycles. The minimum Gasteiger partial charge on any atom is -0.330 e. The minimum atomic E-state index is 0. The second-order valence-corrected chi connectivity index (χ2v) is 3.83. The van der Waals surface area contributed by atoms with Crippen molar-refractivity contribution in [3.8, 4) is 0 Å². The van der Waals surface area contributed by atoms with Crippen LogP contribution in [-0.2, 0) is 0 Å². The van der Waals surface area contributed by atoms with Crippen molar-refractivity contribution < 1.29 is 0 Å². The van der Waals surface area contributed by atoms with Gasteiger partial charge < -0.3 is 5.73 Å². The maximum absolute atomic E-state index is 5.53. The highest BCUT2D eigenvalue weighted by Gasteiger charge is 2.37. The second-order valence-electron chi connectivity index (χ2n) is 2.85. The molecule has 0 radical (unpaired) electrons. The minimum absolute atomic E-state index is 0. The van der Waals surface area contributed by atoms with Gasteiger partial charge in [0.2, 0.25) is 0 Å². The molecule has 1 aliphatic rings. The van der Waals surface area contributed by atoms with Gasteiger partial charge in [-0.3, -0.25) is 0 Å². The molecule has 1 fully saturated rings. The summed E-state index contributed by atoms with van der Waals surface area (Å²) in [5.74, 6) is 1.60. The van der Waals surface area contributed by atoms with E-state index in [1.54, 1.807) is 0 Å². The molecule has 1 aromatic heterocycles. The lowest BCUT2D eigenvalue weighted by Crippen LogP contribution is -2.01. The van der Waals surface area contributed by atoms with Crippen LogP contribution in [0, 0.1) is 5.92 Å². The van der Waals surface area contributed by atoms with Crippen LogP contribution in [0.2, 0.25) is 0 Å². The van der Waals surface area contributed by atoms with E-state index in [1.165, 1.54) is 11.3 Å². The second kappa shape index (κ2) is 3.57. The molecule has 0 aromatic carbocycles. The van der Waals surface area contributed by atoms with Crippen LogP contribution >= 0.6 is 23.7 Å². The number of hydrogen-bond donors (Lipinski definition) is 1. The van der Waals surface area contributed by atoms with Crippen LogP contribution in [0.5, 0.6) is 0 Å². The van der Waals surface area contributed by atoms with Gasteiger partial charge in [-0.2, -0.15) is 0 Å². The van der Waals surface area contributed by atoms with Crippen LogP contribution in [0.4, 0.5) is 0 Å². The first-order valence-electron chi connectivity index (χ1n) is 3.65. The van der Waals surface area contributed by atoms with E-state index in [2.05, 4.69) is 17.5 Å². The molecule has 3 heteroatoms. The molecule has 1 aliphatic carbocycles. The zero-order chi connectivity index (χ0) is 6.97. The van der Waals surface area contributed by atoms with Crippen LogP contribution in [0.1, 0.15) is 17.2 Å². The molecular formula is C8H12ClNS. The average molecular weight is 190 g/mol. The summed E-state index contributed by atoms with van der Waals surface area (Å²) < 4.78 is 0. The number of nitrogens with two attached hydrogens (primary N) is 1. The highest BCUT2D eigenvalue weighted by molar-refractivity contribution is 7.10. The van der Waals surface area contributed by atoms with Gasteiger partial charge in [0.15, 0.2) is 0 Å². The Morgan fingerprint density at radius 1 is 1.64 bits per heavy atom. The molecule has 2 atom stereocenters. The lowest BCUT2D eigenvalue weighted by Gasteiger charge is -1.89. The summed E-state index contributed by atoms with van der Waals surface area (Å²) >= 11 is 1.86. The van der Waals surface area contributed by atoms with Gasteiger partial charge in [-0.05, 0) is 36.2 Å². The maximum Gasteiger partial charge on any atom is 0.00795 e. The van der Waals surface area contributed by atoms with Crippen molar-refractivity contribution in [1.82, 2.24) is 0 Å². The molecule has 62 valence electrons. The van der Waals surface area contributed by atoms with E-state index in [0.717, 1.165) is 18.4 Å². The van der Waals surface area contributed by atoms with Gasteiger partial charge in [0.05, 0.1) is 0 Å². The molecule has 0 amide bonds. The molecular weight excluding hydrogens is 178 g/mol. The zero-order valence-corrected chi connectivity index (χ0v) is 7.83. The van der Waals surface area contributed by atoms with E-state index in [4.69, 9.17) is 5.73 Å². The summed E-state index contributed by atoms with van der Waals surface area (Å²) in [7, 11) is 0. The van der Waals surface area contributed by atoms with Crippen LogP contribution in [0.3, 0.4) is 0 Å². The Morgan fingerprint density at radius 2 is 2.45 bits per heavy atom. The third-order valence-electron chi connectivity index (χ3n) is 2.13. The number of hydrogen-bond acceptors (Lipinski definition) is 2. The first kappa shape index (κ1) is 9.04. The third-order valence-corrected chi connectivity index (χ3v) is 3.14. The van der Waals surface area contributed by atoms with Crippen LogP contribution < -0.4 is 5.73 Å². The number of halogens is 1. The fourth-order valence-corrected chi connectivity index (χ4v) is 2.29. The predicted molar refractivity (Wildman–Crippen MR) is 51.5 cm³/mol. The molecule has 0 spiro atoms. The third kappa shape index (κ3) is 1.75. The molecule has 1 aromatic rings. The van der Waals surface area contributed by atoms with Gasteiger partial charge in [-0.25, -0.2) is 0 Å². The average Bonchev–Trinajstić information content (AvgIpc) is 2.56. The zero-order valence-electron chi connectivity index (χ0n) is 6.19. The molecule has 1 saturated carbocycles. The predicted octanol–water partition coefficient (Wildman–Crippen LogP) is 2.23. The largest absolute Gasteiger partial charge is 0.330 e. The van der Waals surface area contributed by atoms with Gasteiger partial charge in [-0.15, -0.1) is 23.7 Å².